The van der Waals surface area contributed by atoms with Crippen LogP contribution in [0, 0.1) is 5.82 Å². The fourth-order valence-corrected chi connectivity index (χ4v) is 1.59. The summed E-state index contributed by atoms with van der Waals surface area (Å²) in [6, 6.07) is 9.04. The molecule has 0 aliphatic carbocycles. The van der Waals surface area contributed by atoms with Crippen molar-refractivity contribution in [2.24, 2.45) is 0 Å². The Morgan fingerprint density at radius 2 is 2.21 bits per heavy atom. The minimum Gasteiger partial charge on any atom is -0.484 e. The van der Waals surface area contributed by atoms with Gasteiger partial charge in [-0.1, -0.05) is 6.07 Å². The number of anilines is 1. The summed E-state index contributed by atoms with van der Waals surface area (Å²) >= 11 is 3.20. The summed E-state index contributed by atoms with van der Waals surface area (Å²) in [4.78, 5) is 15.6. The molecule has 1 aromatic carbocycles. The molecule has 6 heteroatoms. The number of hydrogen-bond donors (Lipinski definition) is 1. The van der Waals surface area contributed by atoms with Crippen molar-refractivity contribution in [2.45, 2.75) is 0 Å². The van der Waals surface area contributed by atoms with Crippen LogP contribution in [0.15, 0.2) is 47.2 Å². The normalized spacial score (nSPS) is 10.0. The van der Waals surface area contributed by atoms with Crippen LogP contribution in [0.4, 0.5) is 10.1 Å². The van der Waals surface area contributed by atoms with E-state index in [1.807, 2.05) is 0 Å². The van der Waals surface area contributed by atoms with Gasteiger partial charge in [0.1, 0.15) is 16.2 Å². The van der Waals surface area contributed by atoms with E-state index in [1.54, 1.807) is 18.2 Å². The van der Waals surface area contributed by atoms with E-state index in [1.165, 1.54) is 24.4 Å². The molecule has 1 amide bonds. The third-order valence-corrected chi connectivity index (χ3v) is 2.65. The summed E-state index contributed by atoms with van der Waals surface area (Å²) < 4.78 is 18.7. The van der Waals surface area contributed by atoms with E-state index in [-0.39, 0.29) is 12.5 Å². The van der Waals surface area contributed by atoms with Crippen LogP contribution >= 0.6 is 15.9 Å². The number of hydrogen-bond acceptors (Lipinski definition) is 3. The van der Waals surface area contributed by atoms with Gasteiger partial charge in [0, 0.05) is 6.07 Å². The molecule has 0 saturated heterocycles. The second kappa shape index (κ2) is 6.29. The maximum absolute atomic E-state index is 12.9. The number of amides is 1. The smallest absolute Gasteiger partial charge is 0.262 e. The molecular formula is C13H10BrFN2O2. The Kier molecular flexibility index (Phi) is 4.46. The topological polar surface area (TPSA) is 51.2 Å². The van der Waals surface area contributed by atoms with Gasteiger partial charge >= 0.3 is 0 Å². The molecule has 0 saturated carbocycles. The quantitative estimate of drug-likeness (QED) is 0.879. The average molecular weight is 325 g/mol. The number of nitrogens with zero attached hydrogens (tertiary/aromatic N) is 1. The van der Waals surface area contributed by atoms with Gasteiger partial charge in [-0.2, -0.15) is 0 Å². The summed E-state index contributed by atoms with van der Waals surface area (Å²) in [7, 11) is 0. The first kappa shape index (κ1) is 13.5. The predicted octanol–water partition coefficient (Wildman–Crippen LogP) is 3.00. The lowest BCUT2D eigenvalue weighted by atomic mass is 10.3. The van der Waals surface area contributed by atoms with Crippen molar-refractivity contribution in [3.8, 4) is 5.75 Å². The number of carbonyl (C=O) groups excluding carboxylic acids is 1. The Hall–Kier alpha value is -1.95. The number of benzene rings is 1. The molecule has 2 rings (SSSR count). The Bertz CT molecular complexity index is 575. The molecule has 19 heavy (non-hydrogen) atoms. The fraction of sp³-hybridized carbons (Fsp3) is 0.0769. The highest BCUT2D eigenvalue weighted by Gasteiger charge is 2.04. The van der Waals surface area contributed by atoms with Crippen molar-refractivity contribution in [3.05, 3.63) is 53.0 Å². The van der Waals surface area contributed by atoms with Gasteiger partial charge in [-0.3, -0.25) is 4.79 Å². The molecule has 2 aromatic rings. The van der Waals surface area contributed by atoms with E-state index in [2.05, 4.69) is 26.2 Å². The van der Waals surface area contributed by atoms with Crippen LogP contribution in [0.25, 0.3) is 0 Å². The van der Waals surface area contributed by atoms with Crippen molar-refractivity contribution in [3.63, 3.8) is 0 Å². The van der Waals surface area contributed by atoms with Gasteiger partial charge < -0.3 is 10.1 Å². The lowest BCUT2D eigenvalue weighted by Crippen LogP contribution is -2.20. The van der Waals surface area contributed by atoms with Gasteiger partial charge in [0.05, 0.1) is 11.9 Å². The zero-order chi connectivity index (χ0) is 13.7. The largest absolute Gasteiger partial charge is 0.484 e. The van der Waals surface area contributed by atoms with Gasteiger partial charge in [0.25, 0.3) is 5.91 Å². The third kappa shape index (κ3) is 4.33. The molecule has 0 radical (unpaired) electrons. The van der Waals surface area contributed by atoms with Crippen LogP contribution in [0.1, 0.15) is 0 Å². The minimum atomic E-state index is -0.407. The molecule has 0 aliphatic heterocycles. The number of carbonyl (C=O) groups is 1. The Morgan fingerprint density at radius 3 is 2.89 bits per heavy atom. The molecule has 98 valence electrons. The Labute approximate surface area is 117 Å². The highest BCUT2D eigenvalue weighted by molar-refractivity contribution is 9.10. The first-order valence-corrected chi connectivity index (χ1v) is 6.22. The van der Waals surface area contributed by atoms with Gasteiger partial charge in [-0.25, -0.2) is 9.37 Å². The van der Waals surface area contributed by atoms with Crippen LogP contribution in [-0.2, 0) is 4.79 Å². The monoisotopic (exact) mass is 324 g/mol. The summed E-state index contributed by atoms with van der Waals surface area (Å²) in [6.45, 7) is -0.195. The number of aromatic nitrogens is 1. The third-order valence-electron chi connectivity index (χ3n) is 2.18. The lowest BCUT2D eigenvalue weighted by molar-refractivity contribution is -0.118. The number of nitrogens with one attached hydrogen (secondary N) is 1. The van der Waals surface area contributed by atoms with E-state index in [0.29, 0.717) is 16.0 Å². The molecule has 0 aliphatic rings. The second-order valence-electron chi connectivity index (χ2n) is 3.66. The maximum Gasteiger partial charge on any atom is 0.262 e. The van der Waals surface area contributed by atoms with E-state index in [9.17, 15) is 9.18 Å². The van der Waals surface area contributed by atoms with Gasteiger partial charge in [-0.15, -0.1) is 0 Å². The highest BCUT2D eigenvalue weighted by Crippen LogP contribution is 2.13. The van der Waals surface area contributed by atoms with Crippen molar-refractivity contribution in [1.29, 1.82) is 0 Å². The van der Waals surface area contributed by atoms with Crippen molar-refractivity contribution in [1.82, 2.24) is 4.98 Å². The van der Waals surface area contributed by atoms with E-state index in [0.717, 1.165) is 0 Å². The average Bonchev–Trinajstić information content (AvgIpc) is 2.39. The zero-order valence-corrected chi connectivity index (χ0v) is 11.4. The number of rotatable bonds is 4. The summed E-state index contributed by atoms with van der Waals surface area (Å²) in [6.07, 6.45) is 1.52. The number of ether oxygens (including phenoxy) is 1. The molecule has 0 unspecified atom stereocenters. The highest BCUT2D eigenvalue weighted by atomic mass is 79.9. The molecule has 1 heterocycles. The summed E-state index contributed by atoms with van der Waals surface area (Å²) in [5.74, 6) is -0.438. The molecule has 1 aromatic heterocycles. The van der Waals surface area contributed by atoms with E-state index >= 15 is 0 Å². The van der Waals surface area contributed by atoms with Crippen molar-refractivity contribution in [2.75, 3.05) is 11.9 Å². The van der Waals surface area contributed by atoms with Gasteiger partial charge in [0.2, 0.25) is 0 Å². The molecule has 0 fully saturated rings. The summed E-state index contributed by atoms with van der Waals surface area (Å²) in [5.41, 5.74) is 0.566. The van der Waals surface area contributed by atoms with Crippen LogP contribution in [-0.4, -0.2) is 17.5 Å². The van der Waals surface area contributed by atoms with E-state index in [4.69, 9.17) is 4.74 Å². The van der Waals surface area contributed by atoms with Gasteiger partial charge in [0.15, 0.2) is 6.61 Å². The molecule has 4 nitrogen and oxygen atoms in total. The van der Waals surface area contributed by atoms with Crippen molar-refractivity contribution < 1.29 is 13.9 Å². The van der Waals surface area contributed by atoms with Crippen LogP contribution in [0.3, 0.4) is 0 Å². The Morgan fingerprint density at radius 1 is 1.37 bits per heavy atom. The zero-order valence-electron chi connectivity index (χ0n) is 9.77. The molecule has 0 spiro atoms. The first-order chi connectivity index (χ1) is 9.13. The summed E-state index contributed by atoms with van der Waals surface area (Å²) in [5, 5.41) is 2.61. The van der Waals surface area contributed by atoms with E-state index < -0.39 is 5.82 Å². The lowest BCUT2D eigenvalue weighted by Gasteiger charge is -2.07. The number of pyridine rings is 1. The fourth-order valence-electron chi connectivity index (χ4n) is 1.35. The predicted molar refractivity (Wildman–Crippen MR) is 72.5 cm³/mol. The van der Waals surface area contributed by atoms with Crippen molar-refractivity contribution >= 4 is 27.5 Å². The molecule has 0 atom stereocenters. The maximum atomic E-state index is 12.9. The Balaban J connectivity index is 1.86. The SMILES string of the molecule is O=C(COc1cccc(F)c1)Nc1ccc(Br)nc1. The van der Waals surface area contributed by atoms with Gasteiger partial charge in [-0.05, 0) is 40.2 Å². The number of halogens is 2. The molecule has 0 bridgehead atoms. The molecule has 1 N–H and O–H groups in total. The second-order valence-corrected chi connectivity index (χ2v) is 4.48. The minimum absolute atomic E-state index is 0.195. The molecular weight excluding hydrogens is 315 g/mol. The standard InChI is InChI=1S/C13H10BrFN2O2/c14-12-5-4-10(7-16-12)17-13(18)8-19-11-3-1-2-9(15)6-11/h1-7H,8H2,(H,17,18). The van der Waals surface area contributed by atoms with Crippen LogP contribution in [0.5, 0.6) is 5.75 Å². The van der Waals surface area contributed by atoms with Crippen LogP contribution < -0.4 is 10.1 Å². The van der Waals surface area contributed by atoms with Crippen LogP contribution in [0.2, 0.25) is 0 Å². The first-order valence-electron chi connectivity index (χ1n) is 5.43.